The van der Waals surface area contributed by atoms with Crippen LogP contribution in [0, 0.1) is 0 Å². The third kappa shape index (κ3) is 4.04. The van der Waals surface area contributed by atoms with E-state index in [0.29, 0.717) is 15.8 Å². The minimum Gasteiger partial charge on any atom is -0.480 e. The van der Waals surface area contributed by atoms with E-state index in [-0.39, 0.29) is 11.4 Å². The molecule has 1 unspecified atom stereocenters. The summed E-state index contributed by atoms with van der Waals surface area (Å²) in [7, 11) is -3.96. The smallest absolute Gasteiger partial charge is 0.323 e. The van der Waals surface area contributed by atoms with Crippen molar-refractivity contribution < 1.29 is 18.3 Å². The van der Waals surface area contributed by atoms with Crippen molar-refractivity contribution in [2.75, 3.05) is 12.3 Å². The Morgan fingerprint density at radius 1 is 1.18 bits per heavy atom. The van der Waals surface area contributed by atoms with Gasteiger partial charge >= 0.3 is 5.97 Å². The van der Waals surface area contributed by atoms with Gasteiger partial charge in [-0.3, -0.25) is 4.79 Å². The predicted molar refractivity (Wildman–Crippen MR) is 114 cm³/mol. The molecule has 1 aliphatic rings. The molecular formula is C19H19Cl2NO4S2. The summed E-state index contributed by atoms with van der Waals surface area (Å²) >= 11 is 13.6. The molecule has 0 saturated carbocycles. The summed E-state index contributed by atoms with van der Waals surface area (Å²) < 4.78 is 26.7. The third-order valence-electron chi connectivity index (χ3n) is 4.67. The zero-order chi connectivity index (χ0) is 20.7. The number of rotatable bonds is 4. The van der Waals surface area contributed by atoms with Crippen LogP contribution in [-0.4, -0.2) is 46.9 Å². The molecule has 1 aliphatic heterocycles. The van der Waals surface area contributed by atoms with Gasteiger partial charge in [-0.2, -0.15) is 16.1 Å². The van der Waals surface area contributed by atoms with Gasteiger partial charge in [0.15, 0.2) is 0 Å². The quantitative estimate of drug-likeness (QED) is 0.720. The fraction of sp³-hybridized carbons (Fsp3) is 0.316. The van der Waals surface area contributed by atoms with Crippen molar-refractivity contribution in [2.45, 2.75) is 29.5 Å². The molecule has 5 nitrogen and oxygen atoms in total. The molecule has 0 radical (unpaired) electrons. The molecule has 150 valence electrons. The van der Waals surface area contributed by atoms with Crippen LogP contribution < -0.4 is 0 Å². The van der Waals surface area contributed by atoms with E-state index in [9.17, 15) is 18.3 Å². The highest BCUT2D eigenvalue weighted by molar-refractivity contribution is 8.00. The number of aliphatic carboxylic acids is 1. The lowest BCUT2D eigenvalue weighted by molar-refractivity contribution is -0.142. The number of carbonyl (C=O) groups is 1. The van der Waals surface area contributed by atoms with Crippen LogP contribution in [-0.2, 0) is 14.8 Å². The molecule has 1 atom stereocenters. The van der Waals surface area contributed by atoms with Gasteiger partial charge in [0, 0.05) is 32.7 Å². The van der Waals surface area contributed by atoms with Gasteiger partial charge in [0.05, 0.1) is 4.90 Å². The summed E-state index contributed by atoms with van der Waals surface area (Å²) in [5.74, 6) is -0.612. The molecule has 3 rings (SSSR count). The number of sulfonamides is 1. The lowest BCUT2D eigenvalue weighted by Gasteiger charge is -2.42. The number of hydrogen-bond acceptors (Lipinski definition) is 4. The molecular weight excluding hydrogens is 441 g/mol. The molecule has 0 bridgehead atoms. The highest BCUT2D eigenvalue weighted by Crippen LogP contribution is 2.38. The van der Waals surface area contributed by atoms with Crippen molar-refractivity contribution in [3.8, 4) is 11.1 Å². The highest BCUT2D eigenvalue weighted by atomic mass is 35.5. The monoisotopic (exact) mass is 459 g/mol. The number of carboxylic acids is 1. The molecule has 1 N–H and O–H groups in total. The van der Waals surface area contributed by atoms with Gasteiger partial charge < -0.3 is 5.11 Å². The Kier molecular flexibility index (Phi) is 6.04. The van der Waals surface area contributed by atoms with Crippen LogP contribution in [0.2, 0.25) is 10.0 Å². The first-order chi connectivity index (χ1) is 13.0. The second-order valence-corrected chi connectivity index (χ2v) is 11.4. The zero-order valence-corrected chi connectivity index (χ0v) is 18.4. The average Bonchev–Trinajstić information content (AvgIpc) is 2.60. The lowest BCUT2D eigenvalue weighted by atomic mass is 10.0. The van der Waals surface area contributed by atoms with Crippen LogP contribution in [0.5, 0.6) is 0 Å². The molecule has 1 fully saturated rings. The van der Waals surface area contributed by atoms with E-state index in [1.54, 1.807) is 44.2 Å². The Labute approximate surface area is 178 Å². The van der Waals surface area contributed by atoms with E-state index in [2.05, 4.69) is 0 Å². The number of carboxylic acid groups (broad SMARTS) is 1. The molecule has 0 amide bonds. The minimum absolute atomic E-state index is 0.0512. The third-order valence-corrected chi connectivity index (χ3v) is 8.45. The van der Waals surface area contributed by atoms with E-state index in [1.165, 1.54) is 23.9 Å². The molecule has 1 heterocycles. The first-order valence-electron chi connectivity index (χ1n) is 8.48. The van der Waals surface area contributed by atoms with Crippen molar-refractivity contribution >= 4 is 51.0 Å². The van der Waals surface area contributed by atoms with Gasteiger partial charge in [-0.1, -0.05) is 41.4 Å². The maximum atomic E-state index is 13.2. The minimum atomic E-state index is -3.96. The van der Waals surface area contributed by atoms with E-state index in [1.807, 2.05) is 0 Å². The van der Waals surface area contributed by atoms with Gasteiger partial charge in [-0.25, -0.2) is 8.42 Å². The van der Waals surface area contributed by atoms with Crippen molar-refractivity contribution in [3.63, 3.8) is 0 Å². The molecule has 0 aliphatic carbocycles. The summed E-state index contributed by atoms with van der Waals surface area (Å²) in [4.78, 5) is 11.9. The molecule has 2 aromatic carbocycles. The van der Waals surface area contributed by atoms with Crippen molar-refractivity contribution in [1.29, 1.82) is 0 Å². The second-order valence-electron chi connectivity index (χ2n) is 6.96. The Morgan fingerprint density at radius 3 is 2.39 bits per heavy atom. The van der Waals surface area contributed by atoms with Crippen LogP contribution in [0.25, 0.3) is 11.1 Å². The topological polar surface area (TPSA) is 74.7 Å². The maximum absolute atomic E-state index is 13.2. The van der Waals surface area contributed by atoms with Gasteiger partial charge in [-0.15, -0.1) is 0 Å². The van der Waals surface area contributed by atoms with Gasteiger partial charge in [0.25, 0.3) is 0 Å². The van der Waals surface area contributed by atoms with Gasteiger partial charge in [-0.05, 0) is 43.7 Å². The Balaban J connectivity index is 1.97. The fourth-order valence-electron chi connectivity index (χ4n) is 3.30. The Hall–Kier alpha value is -1.25. The first-order valence-corrected chi connectivity index (χ1v) is 11.7. The second kappa shape index (κ2) is 7.88. The Bertz CT molecular complexity index is 1010. The number of benzene rings is 2. The SMILES string of the molecule is CC1(C)SCCN(S(=O)(=O)c2ccc(-c3ccc(Cl)cc3Cl)cc2)C1C(=O)O. The molecule has 9 heteroatoms. The standard InChI is InChI=1S/C19H19Cl2NO4S2/c1-19(2)17(18(23)24)22(9-10-27-19)28(25,26)14-6-3-12(4-7-14)15-8-5-13(20)11-16(15)21/h3-8,11,17H,9-10H2,1-2H3,(H,23,24). The van der Waals surface area contributed by atoms with Crippen LogP contribution in [0.4, 0.5) is 0 Å². The van der Waals surface area contributed by atoms with E-state index in [0.717, 1.165) is 15.4 Å². The van der Waals surface area contributed by atoms with Crippen molar-refractivity contribution in [2.24, 2.45) is 0 Å². The van der Waals surface area contributed by atoms with E-state index < -0.39 is 26.8 Å². The number of nitrogens with zero attached hydrogens (tertiary/aromatic N) is 1. The predicted octanol–water partition coefficient (Wildman–Crippen LogP) is 4.63. The van der Waals surface area contributed by atoms with Crippen LogP contribution in [0.15, 0.2) is 47.4 Å². The lowest BCUT2D eigenvalue weighted by Crippen LogP contribution is -2.58. The Morgan fingerprint density at radius 2 is 1.82 bits per heavy atom. The van der Waals surface area contributed by atoms with Crippen LogP contribution in [0.3, 0.4) is 0 Å². The number of hydrogen-bond donors (Lipinski definition) is 1. The summed E-state index contributed by atoms with van der Waals surface area (Å²) in [6, 6.07) is 10.2. The summed E-state index contributed by atoms with van der Waals surface area (Å²) in [6.45, 7) is 3.66. The van der Waals surface area contributed by atoms with E-state index in [4.69, 9.17) is 23.2 Å². The van der Waals surface area contributed by atoms with Crippen molar-refractivity contribution in [3.05, 3.63) is 52.5 Å². The van der Waals surface area contributed by atoms with Gasteiger partial charge in [0.1, 0.15) is 6.04 Å². The maximum Gasteiger partial charge on any atom is 0.323 e. The average molecular weight is 460 g/mol. The number of thioether (sulfide) groups is 1. The fourth-order valence-corrected chi connectivity index (χ4v) is 6.91. The van der Waals surface area contributed by atoms with Gasteiger partial charge in [0.2, 0.25) is 10.0 Å². The van der Waals surface area contributed by atoms with Crippen LogP contribution in [0.1, 0.15) is 13.8 Å². The summed E-state index contributed by atoms with van der Waals surface area (Å²) in [5, 5.41) is 10.6. The molecule has 1 saturated heterocycles. The molecule has 0 spiro atoms. The highest BCUT2D eigenvalue weighted by Gasteiger charge is 2.48. The zero-order valence-electron chi connectivity index (χ0n) is 15.2. The van der Waals surface area contributed by atoms with E-state index >= 15 is 0 Å². The normalized spacial score (nSPS) is 20.1. The molecule has 2 aromatic rings. The first kappa shape index (κ1) is 21.5. The largest absolute Gasteiger partial charge is 0.480 e. The number of halogens is 2. The van der Waals surface area contributed by atoms with Crippen molar-refractivity contribution in [1.82, 2.24) is 4.31 Å². The summed E-state index contributed by atoms with van der Waals surface area (Å²) in [5.41, 5.74) is 1.47. The van der Waals surface area contributed by atoms with Crippen LogP contribution >= 0.6 is 35.0 Å². The molecule has 28 heavy (non-hydrogen) atoms. The molecule has 0 aromatic heterocycles. The summed E-state index contributed by atoms with van der Waals surface area (Å²) in [6.07, 6.45) is 0.